The lowest BCUT2D eigenvalue weighted by atomic mass is 9.97. The van der Waals surface area contributed by atoms with Gasteiger partial charge in [-0.15, -0.1) is 11.3 Å². The Bertz CT molecular complexity index is 915. The molecule has 0 bridgehead atoms. The number of benzene rings is 1. The second-order valence-electron chi connectivity index (χ2n) is 6.53. The number of amides is 1. The largest absolute Gasteiger partial charge is 0.339 e. The number of aromatic nitrogens is 3. The van der Waals surface area contributed by atoms with Gasteiger partial charge in [-0.2, -0.15) is 0 Å². The van der Waals surface area contributed by atoms with Crippen molar-refractivity contribution in [2.24, 2.45) is 0 Å². The number of piperidine rings is 1. The molecular weight excluding hydrogens is 332 g/mol. The summed E-state index contributed by atoms with van der Waals surface area (Å²) in [6.45, 7) is 5.45. The maximum Gasteiger partial charge on any atom is 0.253 e. The molecule has 0 spiro atoms. The van der Waals surface area contributed by atoms with Gasteiger partial charge in [0, 0.05) is 36.1 Å². The van der Waals surface area contributed by atoms with E-state index in [2.05, 4.69) is 15.0 Å². The Balaban J connectivity index is 1.51. The van der Waals surface area contributed by atoms with Gasteiger partial charge in [-0.05, 0) is 44.9 Å². The van der Waals surface area contributed by atoms with Crippen LogP contribution < -0.4 is 0 Å². The highest BCUT2D eigenvalue weighted by Crippen LogP contribution is 2.30. The van der Waals surface area contributed by atoms with Gasteiger partial charge < -0.3 is 4.90 Å². The zero-order valence-electron chi connectivity index (χ0n) is 14.4. The standard InChI is InChI=1S/C19H20N4OS/c1-12-13(2)22-17-11-15(3-4-16(17)21-12)19(24)23-8-5-14(6-9-23)18-20-7-10-25-18/h3-4,7,10-11,14H,5-6,8-9H2,1-2H3. The second kappa shape index (κ2) is 6.52. The number of nitrogens with zero attached hydrogens (tertiary/aromatic N) is 4. The van der Waals surface area contributed by atoms with Crippen molar-refractivity contribution < 1.29 is 4.79 Å². The Hall–Kier alpha value is -2.34. The first-order chi connectivity index (χ1) is 12.1. The average Bonchev–Trinajstić information content (AvgIpc) is 3.16. The van der Waals surface area contributed by atoms with Gasteiger partial charge in [-0.1, -0.05) is 0 Å². The smallest absolute Gasteiger partial charge is 0.253 e. The average molecular weight is 352 g/mol. The van der Waals surface area contributed by atoms with E-state index in [4.69, 9.17) is 0 Å². The molecule has 1 aliphatic rings. The third-order valence-electron chi connectivity index (χ3n) is 4.91. The van der Waals surface area contributed by atoms with Gasteiger partial charge in [0.2, 0.25) is 0 Å². The molecule has 6 heteroatoms. The molecule has 0 radical (unpaired) electrons. The molecule has 0 atom stereocenters. The predicted octanol–water partition coefficient (Wildman–Crippen LogP) is 3.72. The number of hydrogen-bond donors (Lipinski definition) is 0. The van der Waals surface area contributed by atoms with Crippen LogP contribution in [0.25, 0.3) is 11.0 Å². The maximum atomic E-state index is 12.9. The Morgan fingerprint density at radius 2 is 1.84 bits per heavy atom. The van der Waals surface area contributed by atoms with E-state index in [1.807, 2.05) is 48.5 Å². The van der Waals surface area contributed by atoms with Gasteiger partial charge in [0.1, 0.15) is 0 Å². The van der Waals surface area contributed by atoms with Crippen LogP contribution >= 0.6 is 11.3 Å². The lowest BCUT2D eigenvalue weighted by molar-refractivity contribution is 0.0713. The van der Waals surface area contributed by atoms with E-state index in [0.29, 0.717) is 11.5 Å². The highest BCUT2D eigenvalue weighted by Gasteiger charge is 2.26. The minimum absolute atomic E-state index is 0.0829. The first kappa shape index (κ1) is 16.1. The molecule has 25 heavy (non-hydrogen) atoms. The van der Waals surface area contributed by atoms with Crippen LogP contribution in [0.5, 0.6) is 0 Å². The van der Waals surface area contributed by atoms with Crippen molar-refractivity contribution in [1.82, 2.24) is 19.9 Å². The van der Waals surface area contributed by atoms with E-state index in [9.17, 15) is 4.79 Å². The van der Waals surface area contributed by atoms with Gasteiger partial charge in [-0.25, -0.2) is 15.0 Å². The first-order valence-corrected chi connectivity index (χ1v) is 9.43. The topological polar surface area (TPSA) is 59.0 Å². The summed E-state index contributed by atoms with van der Waals surface area (Å²) in [6, 6.07) is 5.62. The molecule has 4 rings (SSSR count). The van der Waals surface area contributed by atoms with Crippen molar-refractivity contribution in [1.29, 1.82) is 0 Å². The molecular formula is C19H20N4OS. The first-order valence-electron chi connectivity index (χ1n) is 8.55. The molecule has 0 unspecified atom stereocenters. The molecule has 0 saturated carbocycles. The Labute approximate surface area is 150 Å². The molecule has 1 aliphatic heterocycles. The molecule has 1 saturated heterocycles. The molecule has 0 N–H and O–H groups in total. The Kier molecular flexibility index (Phi) is 4.21. The van der Waals surface area contributed by atoms with Crippen molar-refractivity contribution in [2.45, 2.75) is 32.6 Å². The predicted molar refractivity (Wildman–Crippen MR) is 99.0 cm³/mol. The van der Waals surface area contributed by atoms with Crippen LogP contribution in [0.15, 0.2) is 29.8 Å². The van der Waals surface area contributed by atoms with E-state index < -0.39 is 0 Å². The van der Waals surface area contributed by atoms with Crippen LogP contribution in [-0.2, 0) is 0 Å². The second-order valence-corrected chi connectivity index (χ2v) is 7.46. The minimum Gasteiger partial charge on any atom is -0.339 e. The van der Waals surface area contributed by atoms with Crippen molar-refractivity contribution in [3.05, 3.63) is 51.7 Å². The number of carbonyl (C=O) groups excluding carboxylic acids is 1. The summed E-state index contributed by atoms with van der Waals surface area (Å²) >= 11 is 1.71. The van der Waals surface area contributed by atoms with Crippen molar-refractivity contribution >= 4 is 28.3 Å². The number of hydrogen-bond acceptors (Lipinski definition) is 5. The number of aryl methyl sites for hydroxylation is 2. The van der Waals surface area contributed by atoms with Crippen LogP contribution in [0.4, 0.5) is 0 Å². The molecule has 2 aromatic heterocycles. The van der Waals surface area contributed by atoms with E-state index >= 15 is 0 Å². The fraction of sp³-hybridized carbons (Fsp3) is 0.368. The van der Waals surface area contributed by atoms with Crippen LogP contribution in [0, 0.1) is 13.8 Å². The summed E-state index contributed by atoms with van der Waals surface area (Å²) in [7, 11) is 0. The van der Waals surface area contributed by atoms with E-state index in [1.54, 1.807) is 11.3 Å². The molecule has 128 valence electrons. The number of thiazole rings is 1. The highest BCUT2D eigenvalue weighted by molar-refractivity contribution is 7.09. The van der Waals surface area contributed by atoms with Crippen LogP contribution in [0.2, 0.25) is 0 Å². The zero-order chi connectivity index (χ0) is 17.4. The summed E-state index contributed by atoms with van der Waals surface area (Å²) in [6.07, 6.45) is 3.81. The van der Waals surface area contributed by atoms with Crippen LogP contribution in [0.1, 0.15) is 45.5 Å². The van der Waals surface area contributed by atoms with Gasteiger partial charge in [0.25, 0.3) is 5.91 Å². The lowest BCUT2D eigenvalue weighted by Gasteiger charge is -2.31. The van der Waals surface area contributed by atoms with E-state index in [1.165, 1.54) is 5.01 Å². The SMILES string of the molecule is Cc1nc2ccc(C(=O)N3CCC(c4nccs4)CC3)cc2nc1C. The Morgan fingerprint density at radius 3 is 2.52 bits per heavy atom. The highest BCUT2D eigenvalue weighted by atomic mass is 32.1. The summed E-state index contributed by atoms with van der Waals surface area (Å²) in [5.74, 6) is 0.566. The van der Waals surface area contributed by atoms with Crippen LogP contribution in [-0.4, -0.2) is 38.8 Å². The monoisotopic (exact) mass is 352 g/mol. The summed E-state index contributed by atoms with van der Waals surface area (Å²) < 4.78 is 0. The van der Waals surface area contributed by atoms with E-state index in [0.717, 1.165) is 48.4 Å². The third kappa shape index (κ3) is 3.14. The quantitative estimate of drug-likeness (QED) is 0.705. The molecule has 5 nitrogen and oxygen atoms in total. The van der Waals surface area contributed by atoms with E-state index in [-0.39, 0.29) is 5.91 Å². The maximum absolute atomic E-state index is 12.9. The molecule has 1 aromatic carbocycles. The third-order valence-corrected chi connectivity index (χ3v) is 5.84. The van der Waals surface area contributed by atoms with Gasteiger partial charge in [0.05, 0.1) is 27.4 Å². The summed E-state index contributed by atoms with van der Waals surface area (Å²) in [4.78, 5) is 28.3. The minimum atomic E-state index is 0.0829. The zero-order valence-corrected chi connectivity index (χ0v) is 15.2. The van der Waals surface area contributed by atoms with Crippen molar-refractivity contribution in [3.63, 3.8) is 0 Å². The molecule has 0 aliphatic carbocycles. The van der Waals surface area contributed by atoms with Crippen LogP contribution in [0.3, 0.4) is 0 Å². The normalized spacial score (nSPS) is 15.7. The fourth-order valence-corrected chi connectivity index (χ4v) is 4.12. The molecule has 1 fully saturated rings. The number of carbonyl (C=O) groups is 1. The number of rotatable bonds is 2. The Morgan fingerprint density at radius 1 is 1.12 bits per heavy atom. The van der Waals surface area contributed by atoms with Crippen molar-refractivity contribution in [3.8, 4) is 0 Å². The van der Waals surface area contributed by atoms with Gasteiger partial charge >= 0.3 is 0 Å². The molecule has 1 amide bonds. The molecule has 3 heterocycles. The fourth-order valence-electron chi connectivity index (χ4n) is 3.31. The summed E-state index contributed by atoms with van der Waals surface area (Å²) in [5, 5.41) is 3.21. The van der Waals surface area contributed by atoms with Gasteiger partial charge in [-0.3, -0.25) is 4.79 Å². The molecule has 3 aromatic rings. The summed E-state index contributed by atoms with van der Waals surface area (Å²) in [5.41, 5.74) is 4.14. The van der Waals surface area contributed by atoms with Crippen molar-refractivity contribution in [2.75, 3.05) is 13.1 Å². The van der Waals surface area contributed by atoms with Gasteiger partial charge in [0.15, 0.2) is 0 Å². The number of likely N-dealkylation sites (tertiary alicyclic amines) is 1. The lowest BCUT2D eigenvalue weighted by Crippen LogP contribution is -2.37. The number of fused-ring (bicyclic) bond motifs is 1.